The van der Waals surface area contributed by atoms with Gasteiger partial charge in [0.05, 0.1) is 0 Å². The molecule has 1 saturated heterocycles. The van der Waals surface area contributed by atoms with Gasteiger partial charge < -0.3 is 24.4 Å². The van der Waals surface area contributed by atoms with Gasteiger partial charge in [0.15, 0.2) is 0 Å². The van der Waals surface area contributed by atoms with Gasteiger partial charge in [-0.3, -0.25) is 4.79 Å². The Kier molecular flexibility index (Phi) is 7.29. The first kappa shape index (κ1) is 25.6. The van der Waals surface area contributed by atoms with Crippen LogP contribution in [0.15, 0.2) is 48.7 Å². The highest BCUT2D eigenvalue weighted by Crippen LogP contribution is 2.29. The molecule has 1 unspecified atom stereocenters. The largest absolute Gasteiger partial charge is 0.444 e. The van der Waals surface area contributed by atoms with E-state index in [0.29, 0.717) is 32.6 Å². The van der Waals surface area contributed by atoms with Crippen molar-refractivity contribution in [2.24, 2.45) is 0 Å². The van der Waals surface area contributed by atoms with E-state index in [1.54, 1.807) is 4.90 Å². The van der Waals surface area contributed by atoms with E-state index < -0.39 is 5.60 Å². The number of piperazine rings is 1. The fourth-order valence-electron chi connectivity index (χ4n) is 4.78. The lowest BCUT2D eigenvalue weighted by molar-refractivity contribution is -0.119. The third-order valence-electron chi connectivity index (χ3n) is 6.74. The van der Waals surface area contributed by atoms with Gasteiger partial charge in [-0.15, -0.1) is 0 Å². The van der Waals surface area contributed by atoms with Crippen LogP contribution >= 0.6 is 0 Å². The maximum Gasteiger partial charge on any atom is 0.410 e. The number of anilines is 2. The quantitative estimate of drug-likeness (QED) is 0.483. The summed E-state index contributed by atoms with van der Waals surface area (Å²) in [6.07, 6.45) is 2.50. The third-order valence-corrected chi connectivity index (χ3v) is 6.74. The number of aryl methyl sites for hydroxylation is 2. The standard InChI is InChI=1S/C29H38N4O3/c1-7-25(33-19-21(3)23-10-8-9-11-26(23)33)27(34)30-24-18-22(13-12-20(24)2)31-14-16-32(17-15-31)28(35)36-29(4,5)6/h8-13,18-19,25H,7,14-17H2,1-6H3,(H,30,34). The zero-order valence-electron chi connectivity index (χ0n) is 22.3. The molecule has 3 aromatic rings. The van der Waals surface area contributed by atoms with Crippen LogP contribution in [0, 0.1) is 13.8 Å². The maximum absolute atomic E-state index is 13.5. The van der Waals surface area contributed by atoms with Crippen molar-refractivity contribution in [3.8, 4) is 0 Å². The summed E-state index contributed by atoms with van der Waals surface area (Å²) in [4.78, 5) is 29.9. The number of ether oxygens (including phenoxy) is 1. The smallest absolute Gasteiger partial charge is 0.410 e. The second-order valence-corrected chi connectivity index (χ2v) is 10.6. The molecule has 1 N–H and O–H groups in total. The molecule has 0 spiro atoms. The lowest BCUT2D eigenvalue weighted by atomic mass is 10.1. The van der Waals surface area contributed by atoms with Crippen LogP contribution in [0.5, 0.6) is 0 Å². The first-order valence-corrected chi connectivity index (χ1v) is 12.8. The van der Waals surface area contributed by atoms with Crippen molar-refractivity contribution >= 4 is 34.3 Å². The average molecular weight is 491 g/mol. The lowest BCUT2D eigenvalue weighted by Crippen LogP contribution is -2.50. The van der Waals surface area contributed by atoms with Crippen molar-refractivity contribution in [1.82, 2.24) is 9.47 Å². The Labute approximate surface area is 214 Å². The molecule has 192 valence electrons. The number of hydrogen-bond acceptors (Lipinski definition) is 4. The van der Waals surface area contributed by atoms with E-state index in [1.807, 2.05) is 58.9 Å². The van der Waals surface area contributed by atoms with Gasteiger partial charge in [0, 0.05) is 54.7 Å². The lowest BCUT2D eigenvalue weighted by Gasteiger charge is -2.37. The highest BCUT2D eigenvalue weighted by atomic mass is 16.6. The zero-order valence-corrected chi connectivity index (χ0v) is 22.3. The number of nitrogens with one attached hydrogen (secondary N) is 1. The number of carbonyl (C=O) groups is 2. The van der Waals surface area contributed by atoms with Crippen LogP contribution in [0.2, 0.25) is 0 Å². The topological polar surface area (TPSA) is 66.8 Å². The number of hydrogen-bond donors (Lipinski definition) is 1. The van der Waals surface area contributed by atoms with Gasteiger partial charge >= 0.3 is 6.09 Å². The Morgan fingerprint density at radius 2 is 1.69 bits per heavy atom. The summed E-state index contributed by atoms with van der Waals surface area (Å²) in [6, 6.07) is 14.1. The molecule has 4 rings (SSSR count). The molecular formula is C29H38N4O3. The summed E-state index contributed by atoms with van der Waals surface area (Å²) in [7, 11) is 0. The highest BCUT2D eigenvalue weighted by Gasteiger charge is 2.27. The molecule has 0 saturated carbocycles. The number of fused-ring (bicyclic) bond motifs is 1. The molecule has 2 amide bonds. The number of para-hydroxylation sites is 1. The molecule has 0 bridgehead atoms. The number of carbonyl (C=O) groups excluding carboxylic acids is 2. The molecule has 1 aliphatic heterocycles. The van der Waals surface area contributed by atoms with Crippen LogP contribution < -0.4 is 10.2 Å². The van der Waals surface area contributed by atoms with E-state index in [0.717, 1.165) is 22.5 Å². The SMILES string of the molecule is CCC(C(=O)Nc1cc(N2CCN(C(=O)OC(C)(C)C)CC2)ccc1C)n1cc(C)c2ccccc21. The van der Waals surface area contributed by atoms with Gasteiger partial charge in [-0.05, 0) is 70.4 Å². The number of amides is 2. The summed E-state index contributed by atoms with van der Waals surface area (Å²) in [5.74, 6) is -0.0201. The molecular weight excluding hydrogens is 452 g/mol. The van der Waals surface area contributed by atoms with Crippen LogP contribution in [0.25, 0.3) is 10.9 Å². The molecule has 0 aliphatic carbocycles. The predicted molar refractivity (Wildman–Crippen MR) is 146 cm³/mol. The number of aromatic nitrogens is 1. The Morgan fingerprint density at radius 1 is 1.00 bits per heavy atom. The predicted octanol–water partition coefficient (Wildman–Crippen LogP) is 5.91. The van der Waals surface area contributed by atoms with Gasteiger partial charge in [0.25, 0.3) is 0 Å². The van der Waals surface area contributed by atoms with Gasteiger partial charge in [0.2, 0.25) is 5.91 Å². The van der Waals surface area contributed by atoms with E-state index in [2.05, 4.69) is 46.1 Å². The average Bonchev–Trinajstić information content (AvgIpc) is 3.16. The molecule has 1 aliphatic rings. The minimum absolute atomic E-state index is 0.0201. The highest BCUT2D eigenvalue weighted by molar-refractivity contribution is 5.96. The molecule has 2 aromatic carbocycles. The number of benzene rings is 2. The second-order valence-electron chi connectivity index (χ2n) is 10.6. The van der Waals surface area contributed by atoms with Crippen molar-refractivity contribution in [3.63, 3.8) is 0 Å². The summed E-state index contributed by atoms with van der Waals surface area (Å²) in [5, 5.41) is 4.37. The van der Waals surface area contributed by atoms with Crippen molar-refractivity contribution < 1.29 is 14.3 Å². The zero-order chi connectivity index (χ0) is 26.0. The fraction of sp³-hybridized carbons (Fsp3) is 0.448. The van der Waals surface area contributed by atoms with Crippen LogP contribution in [0.1, 0.15) is 51.3 Å². The summed E-state index contributed by atoms with van der Waals surface area (Å²) < 4.78 is 7.61. The van der Waals surface area contributed by atoms with Gasteiger partial charge in [-0.2, -0.15) is 0 Å². The van der Waals surface area contributed by atoms with E-state index in [4.69, 9.17) is 4.74 Å². The van der Waals surface area contributed by atoms with E-state index in [1.165, 1.54) is 10.9 Å². The third kappa shape index (κ3) is 5.50. The normalized spacial score (nSPS) is 15.2. The van der Waals surface area contributed by atoms with Crippen LogP contribution in [0.3, 0.4) is 0 Å². The van der Waals surface area contributed by atoms with Gasteiger partial charge in [-0.25, -0.2) is 4.79 Å². The molecule has 1 aromatic heterocycles. The van der Waals surface area contributed by atoms with Crippen LogP contribution in [-0.4, -0.2) is 53.2 Å². The van der Waals surface area contributed by atoms with E-state index in [-0.39, 0.29) is 18.0 Å². The van der Waals surface area contributed by atoms with E-state index in [9.17, 15) is 9.59 Å². The molecule has 36 heavy (non-hydrogen) atoms. The first-order valence-electron chi connectivity index (χ1n) is 12.8. The molecule has 1 fully saturated rings. The summed E-state index contributed by atoms with van der Waals surface area (Å²) in [6.45, 7) is 14.4. The second kappa shape index (κ2) is 10.2. The Balaban J connectivity index is 1.47. The Hall–Kier alpha value is -3.48. The summed E-state index contributed by atoms with van der Waals surface area (Å²) >= 11 is 0. The minimum atomic E-state index is -0.500. The fourth-order valence-corrected chi connectivity index (χ4v) is 4.78. The minimum Gasteiger partial charge on any atom is -0.444 e. The number of nitrogens with zero attached hydrogens (tertiary/aromatic N) is 3. The Morgan fingerprint density at radius 3 is 2.36 bits per heavy atom. The molecule has 0 radical (unpaired) electrons. The van der Waals surface area contributed by atoms with Crippen LogP contribution in [0.4, 0.5) is 16.2 Å². The van der Waals surface area contributed by atoms with E-state index >= 15 is 0 Å². The molecule has 7 heteroatoms. The maximum atomic E-state index is 13.5. The summed E-state index contributed by atoms with van der Waals surface area (Å²) in [5.41, 5.74) is 4.61. The van der Waals surface area contributed by atoms with Gasteiger partial charge in [-0.1, -0.05) is 31.2 Å². The number of rotatable bonds is 5. The molecule has 7 nitrogen and oxygen atoms in total. The Bertz CT molecular complexity index is 1250. The van der Waals surface area contributed by atoms with Crippen LogP contribution in [-0.2, 0) is 9.53 Å². The van der Waals surface area contributed by atoms with Crippen molar-refractivity contribution in [2.45, 2.75) is 59.6 Å². The van der Waals surface area contributed by atoms with Crippen molar-refractivity contribution in [3.05, 3.63) is 59.8 Å². The van der Waals surface area contributed by atoms with Gasteiger partial charge in [0.1, 0.15) is 11.6 Å². The molecule has 1 atom stereocenters. The van der Waals surface area contributed by atoms with Crippen molar-refractivity contribution in [2.75, 3.05) is 36.4 Å². The molecule has 2 heterocycles. The monoisotopic (exact) mass is 490 g/mol. The first-order chi connectivity index (χ1) is 17.1. The van der Waals surface area contributed by atoms with Crippen molar-refractivity contribution in [1.29, 1.82) is 0 Å².